The number of fused-ring (bicyclic) bond motifs is 1. The molecule has 0 saturated carbocycles. The Hall–Kier alpha value is -3.36. The largest absolute Gasteiger partial charge is 0.495 e. The summed E-state index contributed by atoms with van der Waals surface area (Å²) in [5.41, 5.74) is 1.86. The quantitative estimate of drug-likeness (QED) is 0.760. The van der Waals surface area contributed by atoms with E-state index in [1.54, 1.807) is 32.0 Å². The lowest BCUT2D eigenvalue weighted by molar-refractivity contribution is -0.115. The Labute approximate surface area is 155 Å². The second-order valence-electron chi connectivity index (χ2n) is 6.18. The molecule has 1 aromatic heterocycles. The summed E-state index contributed by atoms with van der Waals surface area (Å²) in [6, 6.07) is 4.61. The lowest BCUT2D eigenvalue weighted by Crippen LogP contribution is -2.30. The molecule has 0 atom stereocenters. The van der Waals surface area contributed by atoms with Gasteiger partial charge in [-0.1, -0.05) is 6.92 Å². The highest BCUT2D eigenvalue weighted by atomic mass is 16.5. The third-order valence-electron chi connectivity index (χ3n) is 4.24. The number of methoxy groups -OCH3 is 1. The maximum atomic E-state index is 12.6. The van der Waals surface area contributed by atoms with Crippen molar-refractivity contribution in [1.82, 2.24) is 14.9 Å². The van der Waals surface area contributed by atoms with Crippen LogP contribution < -0.4 is 20.9 Å². The van der Waals surface area contributed by atoms with E-state index in [-0.39, 0.29) is 30.6 Å². The van der Waals surface area contributed by atoms with Gasteiger partial charge in [0.25, 0.3) is 5.56 Å². The van der Waals surface area contributed by atoms with Gasteiger partial charge in [0.1, 0.15) is 11.6 Å². The Morgan fingerprint density at radius 1 is 1.30 bits per heavy atom. The number of carbonyl (C=O) groups is 2. The van der Waals surface area contributed by atoms with E-state index in [1.807, 2.05) is 0 Å². The Bertz CT molecular complexity index is 953. The summed E-state index contributed by atoms with van der Waals surface area (Å²) in [5, 5.41) is 5.51. The maximum absolute atomic E-state index is 12.6. The third-order valence-corrected chi connectivity index (χ3v) is 4.24. The van der Waals surface area contributed by atoms with Crippen LogP contribution in [0.5, 0.6) is 5.75 Å². The highest BCUT2D eigenvalue weighted by molar-refractivity contribution is 5.95. The van der Waals surface area contributed by atoms with Gasteiger partial charge in [-0.05, 0) is 25.1 Å². The number of anilines is 2. The van der Waals surface area contributed by atoms with Gasteiger partial charge in [0.15, 0.2) is 0 Å². The van der Waals surface area contributed by atoms with Crippen LogP contribution in [0.25, 0.3) is 0 Å². The van der Waals surface area contributed by atoms with Crippen molar-refractivity contribution >= 4 is 23.3 Å². The highest BCUT2D eigenvalue weighted by Gasteiger charge is 2.27. The molecule has 0 fully saturated rings. The fourth-order valence-corrected chi connectivity index (χ4v) is 2.86. The van der Waals surface area contributed by atoms with Crippen LogP contribution in [0.4, 0.5) is 16.2 Å². The van der Waals surface area contributed by atoms with E-state index in [2.05, 4.69) is 20.6 Å². The van der Waals surface area contributed by atoms with Crippen molar-refractivity contribution in [3.8, 4) is 5.75 Å². The molecule has 2 aromatic rings. The van der Waals surface area contributed by atoms with Crippen LogP contribution in [0.1, 0.15) is 30.4 Å². The summed E-state index contributed by atoms with van der Waals surface area (Å²) in [7, 11) is 1.50. The lowest BCUT2D eigenvalue weighted by Gasteiger charge is -2.17. The van der Waals surface area contributed by atoms with Crippen LogP contribution in [-0.2, 0) is 17.9 Å². The average Bonchev–Trinajstić information content (AvgIpc) is 3.06. The average molecular weight is 371 g/mol. The molecular weight excluding hydrogens is 350 g/mol. The Morgan fingerprint density at radius 3 is 2.78 bits per heavy atom. The van der Waals surface area contributed by atoms with Gasteiger partial charge in [-0.2, -0.15) is 0 Å². The summed E-state index contributed by atoms with van der Waals surface area (Å²) < 4.78 is 5.23. The number of benzene rings is 1. The maximum Gasteiger partial charge on any atom is 0.322 e. The van der Waals surface area contributed by atoms with Crippen LogP contribution in [0, 0.1) is 6.92 Å². The summed E-state index contributed by atoms with van der Waals surface area (Å²) in [4.78, 5) is 44.7. The number of aromatic nitrogens is 2. The van der Waals surface area contributed by atoms with Gasteiger partial charge in [0.2, 0.25) is 5.91 Å². The van der Waals surface area contributed by atoms with E-state index in [9.17, 15) is 14.4 Å². The summed E-state index contributed by atoms with van der Waals surface area (Å²) in [6.45, 7) is 3.91. The molecule has 1 aliphatic heterocycles. The monoisotopic (exact) mass is 371 g/mol. The van der Waals surface area contributed by atoms with E-state index in [0.29, 0.717) is 40.6 Å². The van der Waals surface area contributed by atoms with Gasteiger partial charge < -0.3 is 25.3 Å². The Balaban J connectivity index is 1.75. The standard InChI is InChI=1S/C18H21N5O4/c1-4-16(24)22-13-7-11(5-6-15(13)27-3)21-18(26)23-8-12-14(9-23)19-10(2)20-17(12)25/h5-7H,4,8-9H2,1-3H3,(H,21,26)(H,22,24)(H,19,20,25). The molecule has 3 rings (SSSR count). The minimum Gasteiger partial charge on any atom is -0.495 e. The molecule has 9 heteroatoms. The number of aryl methyl sites for hydroxylation is 1. The SMILES string of the molecule is CCC(=O)Nc1cc(NC(=O)N2Cc3nc(C)[nH]c(=O)c3C2)ccc1OC. The zero-order chi connectivity index (χ0) is 19.6. The highest BCUT2D eigenvalue weighted by Crippen LogP contribution is 2.28. The first-order valence-corrected chi connectivity index (χ1v) is 8.53. The van der Waals surface area contributed by atoms with Gasteiger partial charge in [-0.3, -0.25) is 9.59 Å². The van der Waals surface area contributed by atoms with Gasteiger partial charge in [-0.15, -0.1) is 0 Å². The molecule has 3 amide bonds. The molecule has 0 bridgehead atoms. The van der Waals surface area contributed by atoms with Crippen molar-refractivity contribution in [3.05, 3.63) is 45.6 Å². The van der Waals surface area contributed by atoms with Crippen LogP contribution >= 0.6 is 0 Å². The van der Waals surface area contributed by atoms with Crippen molar-refractivity contribution in [1.29, 1.82) is 0 Å². The number of hydrogen-bond acceptors (Lipinski definition) is 5. The van der Waals surface area contributed by atoms with Crippen LogP contribution in [0.15, 0.2) is 23.0 Å². The van der Waals surface area contributed by atoms with Crippen molar-refractivity contribution < 1.29 is 14.3 Å². The fourth-order valence-electron chi connectivity index (χ4n) is 2.86. The number of amides is 3. The first-order chi connectivity index (χ1) is 12.9. The van der Waals surface area contributed by atoms with Gasteiger partial charge in [0, 0.05) is 12.1 Å². The Kier molecular flexibility index (Phi) is 5.11. The summed E-state index contributed by atoms with van der Waals surface area (Å²) in [6.07, 6.45) is 0.326. The van der Waals surface area contributed by atoms with Crippen molar-refractivity contribution in [3.63, 3.8) is 0 Å². The molecule has 27 heavy (non-hydrogen) atoms. The molecule has 0 aliphatic carbocycles. The minimum atomic E-state index is -0.358. The lowest BCUT2D eigenvalue weighted by atomic mass is 10.2. The molecule has 1 aliphatic rings. The number of hydrogen-bond donors (Lipinski definition) is 3. The number of aromatic amines is 1. The topological polar surface area (TPSA) is 116 Å². The first kappa shape index (κ1) is 18.4. The summed E-state index contributed by atoms with van der Waals surface area (Å²) in [5.74, 6) is 0.856. The van der Waals surface area contributed by atoms with Crippen molar-refractivity contribution in [2.24, 2.45) is 0 Å². The smallest absolute Gasteiger partial charge is 0.322 e. The zero-order valence-corrected chi connectivity index (χ0v) is 15.4. The number of nitrogens with one attached hydrogen (secondary N) is 3. The van der Waals surface area contributed by atoms with Gasteiger partial charge >= 0.3 is 6.03 Å². The zero-order valence-electron chi connectivity index (χ0n) is 15.4. The van der Waals surface area contributed by atoms with Crippen molar-refractivity contribution in [2.45, 2.75) is 33.4 Å². The molecule has 2 heterocycles. The van der Waals surface area contributed by atoms with Crippen LogP contribution in [-0.4, -0.2) is 33.9 Å². The molecule has 0 saturated heterocycles. The minimum absolute atomic E-state index is 0.160. The fraction of sp³-hybridized carbons (Fsp3) is 0.333. The number of carbonyl (C=O) groups excluding carboxylic acids is 2. The molecule has 0 spiro atoms. The second kappa shape index (κ2) is 7.48. The van der Waals surface area contributed by atoms with Crippen LogP contribution in [0.2, 0.25) is 0 Å². The molecule has 142 valence electrons. The number of urea groups is 1. The van der Waals surface area contributed by atoms with E-state index in [0.717, 1.165) is 0 Å². The number of H-pyrrole nitrogens is 1. The molecule has 0 unspecified atom stereocenters. The van der Waals surface area contributed by atoms with Crippen molar-refractivity contribution in [2.75, 3.05) is 17.7 Å². The van der Waals surface area contributed by atoms with Gasteiger partial charge in [0.05, 0.1) is 37.1 Å². The van der Waals surface area contributed by atoms with E-state index in [4.69, 9.17) is 4.74 Å². The Morgan fingerprint density at radius 2 is 2.07 bits per heavy atom. The van der Waals surface area contributed by atoms with E-state index < -0.39 is 0 Å². The second-order valence-corrected chi connectivity index (χ2v) is 6.18. The van der Waals surface area contributed by atoms with E-state index in [1.165, 1.54) is 12.0 Å². The first-order valence-electron chi connectivity index (χ1n) is 8.53. The number of rotatable bonds is 4. The molecular formula is C18H21N5O4. The van der Waals surface area contributed by atoms with E-state index >= 15 is 0 Å². The summed E-state index contributed by atoms with van der Waals surface area (Å²) >= 11 is 0. The predicted octanol–water partition coefficient (Wildman–Crippen LogP) is 1.98. The number of nitrogens with zero attached hydrogens (tertiary/aromatic N) is 2. The molecule has 1 aromatic carbocycles. The predicted molar refractivity (Wildman–Crippen MR) is 99.8 cm³/mol. The molecule has 9 nitrogen and oxygen atoms in total. The number of ether oxygens (including phenoxy) is 1. The third kappa shape index (κ3) is 3.91. The normalized spacial score (nSPS) is 12.5. The van der Waals surface area contributed by atoms with Gasteiger partial charge in [-0.25, -0.2) is 9.78 Å². The molecule has 0 radical (unpaired) electrons. The molecule has 3 N–H and O–H groups in total. The van der Waals surface area contributed by atoms with Crippen LogP contribution in [0.3, 0.4) is 0 Å².